The van der Waals surface area contributed by atoms with E-state index in [2.05, 4.69) is 37.1 Å². The minimum atomic E-state index is -0.00543. The number of thioether (sulfide) groups is 1. The number of carbonyl (C=O) groups is 1. The van der Waals surface area contributed by atoms with Gasteiger partial charge in [-0.15, -0.1) is 10.2 Å². The molecule has 1 aromatic carbocycles. The van der Waals surface area contributed by atoms with E-state index in [1.165, 1.54) is 48.6 Å². The number of anilines is 2. The van der Waals surface area contributed by atoms with Crippen molar-refractivity contribution >= 4 is 29.3 Å². The number of amides is 1. The minimum Gasteiger partial charge on any atom is -0.376 e. The average molecular weight is 442 g/mol. The normalized spacial score (nSPS) is 20.8. The van der Waals surface area contributed by atoms with Crippen LogP contribution in [0, 0.1) is 0 Å². The fraction of sp³-hybridized carbons (Fsp3) is 0.609. The highest BCUT2D eigenvalue weighted by atomic mass is 32.2. The number of aromatic nitrogens is 3. The summed E-state index contributed by atoms with van der Waals surface area (Å²) >= 11 is 1.46. The number of aryl methyl sites for hydroxylation is 2. The predicted octanol–water partition coefficient (Wildman–Crippen LogP) is 3.67. The second-order valence-corrected chi connectivity index (χ2v) is 9.69. The molecule has 1 aliphatic carbocycles. The second kappa shape index (κ2) is 9.61. The van der Waals surface area contributed by atoms with Crippen LogP contribution in [0.4, 0.5) is 11.6 Å². The van der Waals surface area contributed by atoms with E-state index in [0.29, 0.717) is 5.75 Å². The number of fused-ring (bicyclic) bond motifs is 1. The summed E-state index contributed by atoms with van der Waals surface area (Å²) in [6, 6.07) is 6.29. The molecule has 0 spiro atoms. The monoisotopic (exact) mass is 441 g/mol. The third kappa shape index (κ3) is 4.90. The molecule has 0 bridgehead atoms. The first kappa shape index (κ1) is 20.8. The summed E-state index contributed by atoms with van der Waals surface area (Å²) in [6.07, 6.45) is 9.52. The molecule has 3 heterocycles. The van der Waals surface area contributed by atoms with Crippen molar-refractivity contribution in [3.63, 3.8) is 0 Å². The van der Waals surface area contributed by atoms with Gasteiger partial charge in [0, 0.05) is 25.4 Å². The van der Waals surface area contributed by atoms with Crippen LogP contribution in [-0.2, 0) is 28.9 Å². The quantitative estimate of drug-likeness (QED) is 0.661. The zero-order valence-electron chi connectivity index (χ0n) is 18.0. The number of carbonyl (C=O) groups excluding carboxylic acids is 1. The van der Waals surface area contributed by atoms with E-state index in [1.54, 1.807) is 0 Å². The fourth-order valence-corrected chi connectivity index (χ4v) is 5.59. The zero-order valence-corrected chi connectivity index (χ0v) is 18.8. The average Bonchev–Trinajstić information content (AvgIpc) is 3.54. The number of piperidine rings is 1. The highest BCUT2D eigenvalue weighted by Crippen LogP contribution is 2.28. The third-order valence-corrected chi connectivity index (χ3v) is 7.43. The van der Waals surface area contributed by atoms with Gasteiger partial charge in [0.1, 0.15) is 0 Å². The van der Waals surface area contributed by atoms with Crippen molar-refractivity contribution in [2.24, 2.45) is 0 Å². The lowest BCUT2D eigenvalue weighted by molar-refractivity contribution is -0.113. The molecule has 2 aliphatic heterocycles. The van der Waals surface area contributed by atoms with Crippen molar-refractivity contribution in [1.29, 1.82) is 0 Å². The van der Waals surface area contributed by atoms with Crippen LogP contribution in [0.25, 0.3) is 0 Å². The Morgan fingerprint density at radius 1 is 1.10 bits per heavy atom. The van der Waals surface area contributed by atoms with Crippen molar-refractivity contribution < 1.29 is 9.53 Å². The Kier molecular flexibility index (Phi) is 6.45. The molecule has 3 aliphatic rings. The SMILES string of the molecule is O=C(CSc1nnc(N2CCCCC2)n1CC1CCCO1)Nc1ccc2c(c1)CCC2. The van der Waals surface area contributed by atoms with E-state index in [-0.39, 0.29) is 12.0 Å². The second-order valence-electron chi connectivity index (χ2n) is 8.75. The van der Waals surface area contributed by atoms with Crippen LogP contribution in [0.15, 0.2) is 23.4 Å². The summed E-state index contributed by atoms with van der Waals surface area (Å²) in [6.45, 7) is 3.63. The van der Waals surface area contributed by atoms with Crippen LogP contribution in [0.3, 0.4) is 0 Å². The maximum Gasteiger partial charge on any atom is 0.234 e. The van der Waals surface area contributed by atoms with E-state index < -0.39 is 0 Å². The highest BCUT2D eigenvalue weighted by molar-refractivity contribution is 7.99. The lowest BCUT2D eigenvalue weighted by Crippen LogP contribution is -2.33. The molecular weight excluding hydrogens is 410 g/mol. The summed E-state index contributed by atoms with van der Waals surface area (Å²) < 4.78 is 8.06. The van der Waals surface area contributed by atoms with E-state index in [9.17, 15) is 4.79 Å². The fourth-order valence-electron chi connectivity index (χ4n) is 4.84. The molecular formula is C23H31N5O2S. The van der Waals surface area contributed by atoms with Crippen LogP contribution in [0.5, 0.6) is 0 Å². The summed E-state index contributed by atoms with van der Waals surface area (Å²) in [5, 5.41) is 12.8. The lowest BCUT2D eigenvalue weighted by atomic mass is 10.1. The van der Waals surface area contributed by atoms with Gasteiger partial charge in [-0.25, -0.2) is 0 Å². The Hall–Kier alpha value is -2.06. The summed E-state index contributed by atoms with van der Waals surface area (Å²) in [7, 11) is 0. The number of benzene rings is 1. The van der Waals surface area contributed by atoms with E-state index >= 15 is 0 Å². The topological polar surface area (TPSA) is 72.3 Å². The van der Waals surface area contributed by atoms with E-state index in [0.717, 1.165) is 68.7 Å². The number of nitrogens with zero attached hydrogens (tertiary/aromatic N) is 4. The van der Waals surface area contributed by atoms with Gasteiger partial charge in [-0.05, 0) is 74.6 Å². The van der Waals surface area contributed by atoms with Gasteiger partial charge in [-0.3, -0.25) is 9.36 Å². The Bertz CT molecular complexity index is 919. The molecule has 2 aromatic rings. The van der Waals surface area contributed by atoms with Crippen LogP contribution < -0.4 is 10.2 Å². The van der Waals surface area contributed by atoms with Crippen LogP contribution in [0.1, 0.15) is 49.7 Å². The van der Waals surface area contributed by atoms with E-state index in [4.69, 9.17) is 4.74 Å². The predicted molar refractivity (Wildman–Crippen MR) is 123 cm³/mol. The molecule has 31 heavy (non-hydrogen) atoms. The first-order valence-corrected chi connectivity index (χ1v) is 12.6. The van der Waals surface area contributed by atoms with Crippen LogP contribution >= 0.6 is 11.8 Å². The number of rotatable bonds is 7. The number of nitrogens with one attached hydrogen (secondary N) is 1. The smallest absolute Gasteiger partial charge is 0.234 e. The molecule has 1 aromatic heterocycles. The molecule has 1 N–H and O–H groups in total. The van der Waals surface area contributed by atoms with Gasteiger partial charge >= 0.3 is 0 Å². The van der Waals surface area contributed by atoms with E-state index in [1.807, 2.05) is 6.07 Å². The Morgan fingerprint density at radius 2 is 1.97 bits per heavy atom. The Morgan fingerprint density at radius 3 is 2.81 bits per heavy atom. The maximum absolute atomic E-state index is 12.6. The summed E-state index contributed by atoms with van der Waals surface area (Å²) in [5.41, 5.74) is 3.67. The molecule has 1 unspecified atom stereocenters. The third-order valence-electron chi connectivity index (χ3n) is 6.46. The first-order chi connectivity index (χ1) is 15.3. The molecule has 2 fully saturated rings. The number of ether oxygens (including phenoxy) is 1. The maximum atomic E-state index is 12.6. The molecule has 1 amide bonds. The lowest BCUT2D eigenvalue weighted by Gasteiger charge is -2.28. The highest BCUT2D eigenvalue weighted by Gasteiger charge is 2.25. The van der Waals surface area contributed by atoms with Gasteiger partial charge in [0.25, 0.3) is 0 Å². The molecule has 0 radical (unpaired) electrons. The summed E-state index contributed by atoms with van der Waals surface area (Å²) in [5.74, 6) is 1.24. The van der Waals surface area contributed by atoms with Gasteiger partial charge in [-0.2, -0.15) is 0 Å². The van der Waals surface area contributed by atoms with Crippen molar-refractivity contribution in [3.8, 4) is 0 Å². The van der Waals surface area contributed by atoms with Crippen molar-refractivity contribution in [1.82, 2.24) is 14.8 Å². The van der Waals surface area contributed by atoms with Gasteiger partial charge in [-0.1, -0.05) is 17.8 Å². The van der Waals surface area contributed by atoms with Crippen molar-refractivity contribution in [3.05, 3.63) is 29.3 Å². The Balaban J connectivity index is 1.25. The minimum absolute atomic E-state index is 0.00543. The molecule has 2 saturated heterocycles. The van der Waals surface area contributed by atoms with Crippen molar-refractivity contribution in [2.45, 2.75) is 69.2 Å². The molecule has 7 nitrogen and oxygen atoms in total. The first-order valence-electron chi connectivity index (χ1n) is 11.6. The van der Waals surface area contributed by atoms with Gasteiger partial charge in [0.05, 0.1) is 18.4 Å². The van der Waals surface area contributed by atoms with Crippen LogP contribution in [-0.4, -0.2) is 52.2 Å². The zero-order chi connectivity index (χ0) is 21.0. The van der Waals surface area contributed by atoms with Crippen molar-refractivity contribution in [2.75, 3.05) is 35.7 Å². The molecule has 1 atom stereocenters. The standard InChI is InChI=1S/C23H31N5O2S/c29-21(24-19-10-9-17-6-4-7-18(17)14-19)16-31-23-26-25-22(27-11-2-1-3-12-27)28(23)15-20-8-5-13-30-20/h9-10,14,20H,1-8,11-13,15-16H2,(H,24,29). The molecule has 5 rings (SSSR count). The summed E-state index contributed by atoms with van der Waals surface area (Å²) in [4.78, 5) is 15.0. The van der Waals surface area contributed by atoms with Crippen LogP contribution in [0.2, 0.25) is 0 Å². The van der Waals surface area contributed by atoms with Gasteiger partial charge in [0.2, 0.25) is 11.9 Å². The Labute approximate surface area is 187 Å². The largest absolute Gasteiger partial charge is 0.376 e. The number of hydrogen-bond acceptors (Lipinski definition) is 6. The molecule has 0 saturated carbocycles. The molecule has 166 valence electrons. The molecule has 8 heteroatoms. The van der Waals surface area contributed by atoms with Gasteiger partial charge in [0.15, 0.2) is 5.16 Å². The van der Waals surface area contributed by atoms with Gasteiger partial charge < -0.3 is 15.0 Å². The number of hydrogen-bond donors (Lipinski definition) is 1.